The number of nitrogens with one attached hydrogen (secondary N) is 1. The minimum Gasteiger partial charge on any atom is -0.310 e. The summed E-state index contributed by atoms with van der Waals surface area (Å²) in [7, 11) is 0. The third kappa shape index (κ3) is 5.53. The minimum absolute atomic E-state index is 0.457. The van der Waals surface area contributed by atoms with Gasteiger partial charge in [-0.2, -0.15) is 11.3 Å². The van der Waals surface area contributed by atoms with Gasteiger partial charge in [0, 0.05) is 6.04 Å². The summed E-state index contributed by atoms with van der Waals surface area (Å²) < 4.78 is 0. The molecule has 0 aliphatic heterocycles. The van der Waals surface area contributed by atoms with Crippen LogP contribution >= 0.6 is 11.3 Å². The van der Waals surface area contributed by atoms with Crippen LogP contribution in [-0.2, 0) is 0 Å². The number of thiophene rings is 1. The summed E-state index contributed by atoms with van der Waals surface area (Å²) in [6.07, 6.45) is 5.08. The van der Waals surface area contributed by atoms with E-state index < -0.39 is 0 Å². The van der Waals surface area contributed by atoms with Crippen LogP contribution in [0.4, 0.5) is 0 Å². The van der Waals surface area contributed by atoms with Gasteiger partial charge in [0.05, 0.1) is 0 Å². The number of aryl methyl sites for hydroxylation is 1. The fraction of sp³-hybridized carbons (Fsp3) is 0.750. The molecule has 2 heteroatoms. The summed E-state index contributed by atoms with van der Waals surface area (Å²) in [4.78, 5) is 0. The van der Waals surface area contributed by atoms with Gasteiger partial charge in [-0.1, -0.05) is 34.1 Å². The third-order valence-electron chi connectivity index (χ3n) is 3.33. The highest BCUT2D eigenvalue weighted by atomic mass is 32.1. The molecule has 0 aliphatic rings. The SMILES string of the molecule is CCCNC(CCCC(C)(C)C)c1cscc1C. The van der Waals surface area contributed by atoms with E-state index in [4.69, 9.17) is 0 Å². The molecule has 1 unspecified atom stereocenters. The van der Waals surface area contributed by atoms with Gasteiger partial charge < -0.3 is 5.32 Å². The van der Waals surface area contributed by atoms with Gasteiger partial charge in [-0.3, -0.25) is 0 Å². The molecule has 0 saturated heterocycles. The fourth-order valence-electron chi connectivity index (χ4n) is 2.25. The molecule has 0 aliphatic carbocycles. The molecule has 1 heterocycles. The van der Waals surface area contributed by atoms with Crippen molar-refractivity contribution in [1.29, 1.82) is 0 Å². The molecular weight excluding hydrogens is 238 g/mol. The second kappa shape index (κ2) is 7.30. The molecule has 0 bridgehead atoms. The van der Waals surface area contributed by atoms with Gasteiger partial charge in [0.15, 0.2) is 0 Å². The van der Waals surface area contributed by atoms with Gasteiger partial charge in [0.25, 0.3) is 0 Å². The molecule has 1 nitrogen and oxygen atoms in total. The average Bonchev–Trinajstić information content (AvgIpc) is 2.68. The van der Waals surface area contributed by atoms with Crippen LogP contribution < -0.4 is 5.32 Å². The normalized spacial score (nSPS) is 13.8. The lowest BCUT2D eigenvalue weighted by atomic mass is 9.88. The highest BCUT2D eigenvalue weighted by Crippen LogP contribution is 2.29. The van der Waals surface area contributed by atoms with Crippen molar-refractivity contribution < 1.29 is 0 Å². The van der Waals surface area contributed by atoms with Crippen molar-refractivity contribution in [2.45, 2.75) is 66.3 Å². The lowest BCUT2D eigenvalue weighted by Crippen LogP contribution is -2.22. The van der Waals surface area contributed by atoms with Crippen molar-refractivity contribution in [2.24, 2.45) is 5.41 Å². The van der Waals surface area contributed by atoms with E-state index in [9.17, 15) is 0 Å². The molecule has 1 atom stereocenters. The van der Waals surface area contributed by atoms with Crippen LogP contribution in [0, 0.1) is 12.3 Å². The van der Waals surface area contributed by atoms with Crippen molar-refractivity contribution in [3.63, 3.8) is 0 Å². The molecule has 104 valence electrons. The maximum absolute atomic E-state index is 3.71. The topological polar surface area (TPSA) is 12.0 Å². The molecule has 1 aromatic heterocycles. The summed E-state index contributed by atoms with van der Waals surface area (Å²) in [6.45, 7) is 12.6. The summed E-state index contributed by atoms with van der Waals surface area (Å²) >= 11 is 1.83. The van der Waals surface area contributed by atoms with Gasteiger partial charge >= 0.3 is 0 Å². The van der Waals surface area contributed by atoms with Crippen LogP contribution in [-0.4, -0.2) is 6.54 Å². The Labute approximate surface area is 117 Å². The van der Waals surface area contributed by atoms with E-state index in [0.29, 0.717) is 11.5 Å². The zero-order valence-corrected chi connectivity index (χ0v) is 13.5. The van der Waals surface area contributed by atoms with Crippen LogP contribution in [0.15, 0.2) is 10.8 Å². The molecule has 0 fully saturated rings. The monoisotopic (exact) mass is 267 g/mol. The van der Waals surface area contributed by atoms with Gasteiger partial charge in [-0.05, 0) is 60.0 Å². The largest absolute Gasteiger partial charge is 0.310 e. The van der Waals surface area contributed by atoms with Crippen molar-refractivity contribution in [3.05, 3.63) is 21.9 Å². The Morgan fingerprint density at radius 2 is 2.00 bits per heavy atom. The first-order valence-corrected chi connectivity index (χ1v) is 8.14. The van der Waals surface area contributed by atoms with Crippen molar-refractivity contribution in [1.82, 2.24) is 5.32 Å². The van der Waals surface area contributed by atoms with E-state index in [1.54, 1.807) is 0 Å². The minimum atomic E-state index is 0.457. The standard InChI is InChI=1S/C16H29NS/c1-6-10-17-15(8-7-9-16(3,4)5)14-12-18-11-13(14)2/h11-12,15,17H,6-10H2,1-5H3. The zero-order valence-electron chi connectivity index (χ0n) is 12.7. The van der Waals surface area contributed by atoms with Crippen LogP contribution in [0.1, 0.15) is 70.5 Å². The Kier molecular flexibility index (Phi) is 6.37. The maximum atomic E-state index is 3.71. The van der Waals surface area contributed by atoms with E-state index in [-0.39, 0.29) is 0 Å². The Balaban J connectivity index is 2.54. The van der Waals surface area contributed by atoms with Gasteiger partial charge in [-0.25, -0.2) is 0 Å². The zero-order chi connectivity index (χ0) is 13.6. The lowest BCUT2D eigenvalue weighted by molar-refractivity contribution is 0.343. The van der Waals surface area contributed by atoms with Crippen LogP contribution in [0.25, 0.3) is 0 Å². The first kappa shape index (κ1) is 15.7. The van der Waals surface area contributed by atoms with Crippen molar-refractivity contribution in [2.75, 3.05) is 6.54 Å². The maximum Gasteiger partial charge on any atom is 0.0331 e. The van der Waals surface area contributed by atoms with E-state index in [0.717, 1.165) is 6.54 Å². The predicted molar refractivity (Wildman–Crippen MR) is 83.4 cm³/mol. The Morgan fingerprint density at radius 1 is 1.28 bits per heavy atom. The highest BCUT2D eigenvalue weighted by molar-refractivity contribution is 7.08. The van der Waals surface area contributed by atoms with Crippen molar-refractivity contribution in [3.8, 4) is 0 Å². The predicted octanol–water partition coefficient (Wildman–Crippen LogP) is 5.31. The average molecular weight is 267 g/mol. The first-order valence-electron chi connectivity index (χ1n) is 7.20. The lowest BCUT2D eigenvalue weighted by Gasteiger charge is -2.22. The molecule has 0 radical (unpaired) electrons. The summed E-state index contributed by atoms with van der Waals surface area (Å²) in [5, 5.41) is 8.29. The second-order valence-corrected chi connectivity index (χ2v) is 7.21. The summed E-state index contributed by atoms with van der Waals surface area (Å²) in [6, 6.07) is 0.554. The second-order valence-electron chi connectivity index (χ2n) is 6.47. The Bertz CT molecular complexity index is 335. The van der Waals surface area contributed by atoms with Gasteiger partial charge in [0.1, 0.15) is 0 Å². The molecule has 0 aromatic carbocycles. The molecule has 0 saturated carbocycles. The van der Waals surface area contributed by atoms with E-state index >= 15 is 0 Å². The Morgan fingerprint density at radius 3 is 2.50 bits per heavy atom. The van der Waals surface area contributed by atoms with Crippen LogP contribution in [0.2, 0.25) is 0 Å². The number of hydrogen-bond donors (Lipinski definition) is 1. The van der Waals surface area contributed by atoms with Gasteiger partial charge in [0.2, 0.25) is 0 Å². The fourth-order valence-corrected chi connectivity index (χ4v) is 3.15. The van der Waals surface area contributed by atoms with E-state index in [2.05, 4.69) is 50.7 Å². The highest BCUT2D eigenvalue weighted by Gasteiger charge is 2.16. The molecule has 1 aromatic rings. The van der Waals surface area contributed by atoms with Crippen LogP contribution in [0.5, 0.6) is 0 Å². The third-order valence-corrected chi connectivity index (χ3v) is 4.21. The molecule has 0 spiro atoms. The quantitative estimate of drug-likeness (QED) is 0.705. The molecule has 1 rings (SSSR count). The molecule has 18 heavy (non-hydrogen) atoms. The Hall–Kier alpha value is -0.340. The smallest absolute Gasteiger partial charge is 0.0331 e. The van der Waals surface area contributed by atoms with Crippen molar-refractivity contribution >= 4 is 11.3 Å². The van der Waals surface area contributed by atoms with Gasteiger partial charge in [-0.15, -0.1) is 0 Å². The van der Waals surface area contributed by atoms with E-state index in [1.807, 2.05) is 11.3 Å². The molecular formula is C16H29NS. The van der Waals surface area contributed by atoms with E-state index in [1.165, 1.54) is 36.8 Å². The first-order chi connectivity index (χ1) is 8.44. The number of rotatable bonds is 7. The van der Waals surface area contributed by atoms with Crippen LogP contribution in [0.3, 0.4) is 0 Å². The number of hydrogen-bond acceptors (Lipinski definition) is 2. The molecule has 1 N–H and O–H groups in total. The molecule has 0 amide bonds. The summed E-state index contributed by atoms with van der Waals surface area (Å²) in [5.41, 5.74) is 3.42. The summed E-state index contributed by atoms with van der Waals surface area (Å²) in [5.74, 6) is 0.